The second-order valence-electron chi connectivity index (χ2n) is 0.993. The van der Waals surface area contributed by atoms with Gasteiger partial charge in [0.25, 0.3) is 0 Å². The van der Waals surface area contributed by atoms with E-state index in [1.54, 1.807) is 0 Å². The summed E-state index contributed by atoms with van der Waals surface area (Å²) in [6.07, 6.45) is 0.756. The molecular formula is C4H4O4. The van der Waals surface area contributed by atoms with Crippen LogP contribution < -0.4 is 0 Å². The van der Waals surface area contributed by atoms with E-state index < -0.39 is 11.7 Å². The second-order valence-corrected chi connectivity index (χ2v) is 0.993. The van der Waals surface area contributed by atoms with Crippen LogP contribution in [0.4, 0.5) is 0 Å². The Balaban J connectivity index is 3.99. The van der Waals surface area contributed by atoms with Crippen LogP contribution in [-0.2, 0) is 9.59 Å². The largest absolute Gasteiger partial charge is 0.502 e. The molecule has 0 aliphatic heterocycles. The monoisotopic (exact) mass is 116 g/mol. The number of aldehydes is 1. The molecule has 0 saturated heterocycles. The molecule has 0 fully saturated rings. The lowest BCUT2D eigenvalue weighted by molar-refractivity contribution is -0.135. The van der Waals surface area contributed by atoms with Crippen molar-refractivity contribution in [1.29, 1.82) is 0 Å². The highest BCUT2D eigenvalue weighted by atomic mass is 16.4. The number of carbonyl (C=O) groups is 2. The van der Waals surface area contributed by atoms with Crippen LogP contribution in [0.5, 0.6) is 0 Å². The van der Waals surface area contributed by atoms with Crippen molar-refractivity contribution in [3.8, 4) is 0 Å². The highest BCUT2D eigenvalue weighted by Gasteiger charge is 1.99. The maximum absolute atomic E-state index is 9.61. The average molecular weight is 116 g/mol. The summed E-state index contributed by atoms with van der Waals surface area (Å²) < 4.78 is 0. The van der Waals surface area contributed by atoms with Crippen LogP contribution in [0.3, 0.4) is 0 Å². The van der Waals surface area contributed by atoms with E-state index in [4.69, 9.17) is 10.2 Å². The normalized spacial score (nSPS) is 10.8. The summed E-state index contributed by atoms with van der Waals surface area (Å²) in [5, 5.41) is 16.0. The van der Waals surface area contributed by atoms with Gasteiger partial charge in [0, 0.05) is 6.08 Å². The van der Waals surface area contributed by atoms with E-state index in [1.165, 1.54) is 0 Å². The van der Waals surface area contributed by atoms with E-state index >= 15 is 0 Å². The number of rotatable bonds is 2. The fourth-order valence-corrected chi connectivity index (χ4v) is 0.136. The molecule has 0 radical (unpaired) electrons. The molecule has 0 atom stereocenters. The summed E-state index contributed by atoms with van der Waals surface area (Å²) in [6, 6.07) is 0. The summed E-state index contributed by atoms with van der Waals surface area (Å²) in [4.78, 5) is 19.0. The molecule has 0 unspecified atom stereocenters. The number of hydrogen-bond donors (Lipinski definition) is 2. The van der Waals surface area contributed by atoms with Crippen LogP contribution in [0.2, 0.25) is 0 Å². The number of carboxylic acid groups (broad SMARTS) is 1. The Labute approximate surface area is 45.1 Å². The van der Waals surface area contributed by atoms with Crippen LogP contribution >= 0.6 is 0 Å². The van der Waals surface area contributed by atoms with Gasteiger partial charge in [0.2, 0.25) is 5.76 Å². The molecule has 0 aromatic carbocycles. The summed E-state index contributed by atoms with van der Waals surface area (Å²) in [5.41, 5.74) is 0. The highest BCUT2D eigenvalue weighted by molar-refractivity contribution is 5.88. The van der Waals surface area contributed by atoms with Gasteiger partial charge >= 0.3 is 5.97 Å². The molecule has 0 spiro atoms. The van der Waals surface area contributed by atoms with Crippen molar-refractivity contribution in [2.24, 2.45) is 0 Å². The van der Waals surface area contributed by atoms with Crippen LogP contribution in [0.25, 0.3) is 0 Å². The zero-order chi connectivity index (χ0) is 6.57. The molecule has 0 heterocycles. The van der Waals surface area contributed by atoms with Gasteiger partial charge in [0.1, 0.15) is 6.29 Å². The van der Waals surface area contributed by atoms with Crippen LogP contribution in [-0.4, -0.2) is 22.5 Å². The molecule has 0 aliphatic carbocycles. The fourth-order valence-electron chi connectivity index (χ4n) is 0.136. The Morgan fingerprint density at radius 3 is 2.00 bits per heavy atom. The summed E-state index contributed by atoms with van der Waals surface area (Å²) >= 11 is 0. The lowest BCUT2D eigenvalue weighted by Crippen LogP contribution is -1.98. The maximum atomic E-state index is 9.61. The van der Waals surface area contributed by atoms with E-state index in [-0.39, 0.29) is 6.29 Å². The minimum atomic E-state index is -1.50. The molecule has 0 rings (SSSR count). The predicted octanol–water partition coefficient (Wildman–Crippen LogP) is -0.288. The molecule has 0 aliphatic rings. The van der Waals surface area contributed by atoms with Crippen LogP contribution in [0, 0.1) is 0 Å². The average Bonchev–Trinajstić information content (AvgIpc) is 1.67. The second kappa shape index (κ2) is 2.79. The highest BCUT2D eigenvalue weighted by Crippen LogP contribution is 1.82. The van der Waals surface area contributed by atoms with Crippen molar-refractivity contribution in [2.45, 2.75) is 0 Å². The Kier molecular flexibility index (Phi) is 2.33. The van der Waals surface area contributed by atoms with Crippen molar-refractivity contribution in [1.82, 2.24) is 0 Å². The molecule has 0 bridgehead atoms. The van der Waals surface area contributed by atoms with E-state index in [1.807, 2.05) is 0 Å². The van der Waals surface area contributed by atoms with E-state index in [9.17, 15) is 9.59 Å². The molecule has 0 saturated carbocycles. The quantitative estimate of drug-likeness (QED) is 0.295. The number of allylic oxidation sites excluding steroid dienone is 1. The number of carboxylic acids is 1. The summed E-state index contributed by atoms with van der Waals surface area (Å²) in [5.74, 6) is -2.45. The first-order valence-corrected chi connectivity index (χ1v) is 1.76. The van der Waals surface area contributed by atoms with Gasteiger partial charge in [-0.3, -0.25) is 4.79 Å². The molecule has 2 N–H and O–H groups in total. The zero-order valence-electron chi connectivity index (χ0n) is 3.87. The van der Waals surface area contributed by atoms with Crippen LogP contribution in [0.15, 0.2) is 11.8 Å². The van der Waals surface area contributed by atoms with E-state index in [2.05, 4.69) is 0 Å². The molecule has 4 nitrogen and oxygen atoms in total. The Bertz CT molecular complexity index is 135. The predicted molar refractivity (Wildman–Crippen MR) is 24.4 cm³/mol. The fraction of sp³-hybridized carbons (Fsp3) is 0. The topological polar surface area (TPSA) is 74.6 Å². The molecule has 0 amide bonds. The first kappa shape index (κ1) is 6.68. The Morgan fingerprint density at radius 2 is 1.88 bits per heavy atom. The SMILES string of the molecule is O=C/C=C(\O)C(=O)O. The molecule has 4 heteroatoms. The lowest BCUT2D eigenvalue weighted by atomic mass is 10.5. The van der Waals surface area contributed by atoms with Gasteiger partial charge in [-0.1, -0.05) is 0 Å². The van der Waals surface area contributed by atoms with Gasteiger partial charge in [0.15, 0.2) is 0 Å². The summed E-state index contributed by atoms with van der Waals surface area (Å²) in [7, 11) is 0. The van der Waals surface area contributed by atoms with Crippen LogP contribution in [0.1, 0.15) is 0 Å². The third-order valence-electron chi connectivity index (χ3n) is 0.445. The first-order chi connectivity index (χ1) is 3.68. The number of aliphatic hydroxyl groups is 1. The van der Waals surface area contributed by atoms with Crippen molar-refractivity contribution in [3.05, 3.63) is 11.8 Å². The van der Waals surface area contributed by atoms with Crippen molar-refractivity contribution < 1.29 is 19.8 Å². The number of hydrogen-bond acceptors (Lipinski definition) is 3. The molecule has 8 heavy (non-hydrogen) atoms. The third kappa shape index (κ3) is 1.96. The number of carbonyl (C=O) groups excluding carboxylic acids is 1. The smallest absolute Gasteiger partial charge is 0.371 e. The van der Waals surface area contributed by atoms with Gasteiger partial charge in [-0.05, 0) is 0 Å². The van der Waals surface area contributed by atoms with Crippen molar-refractivity contribution in [2.75, 3.05) is 0 Å². The molecule has 44 valence electrons. The van der Waals surface area contributed by atoms with E-state index in [0.717, 1.165) is 0 Å². The van der Waals surface area contributed by atoms with Crippen molar-refractivity contribution in [3.63, 3.8) is 0 Å². The van der Waals surface area contributed by atoms with E-state index in [0.29, 0.717) is 6.08 Å². The number of aliphatic hydroxyl groups excluding tert-OH is 1. The first-order valence-electron chi connectivity index (χ1n) is 1.76. The van der Waals surface area contributed by atoms with Gasteiger partial charge in [-0.25, -0.2) is 4.79 Å². The van der Waals surface area contributed by atoms with Gasteiger partial charge in [0.05, 0.1) is 0 Å². The molecular weight excluding hydrogens is 112 g/mol. The minimum absolute atomic E-state index is 0.198. The van der Waals surface area contributed by atoms with Gasteiger partial charge in [-0.15, -0.1) is 0 Å². The standard InChI is InChI=1S/C4H4O4/c5-2-1-3(6)4(7)8/h1-2,6H,(H,7,8)/b3-1-. The van der Waals surface area contributed by atoms with Gasteiger partial charge in [-0.2, -0.15) is 0 Å². The Hall–Kier alpha value is -1.32. The third-order valence-corrected chi connectivity index (χ3v) is 0.445. The molecule has 0 aromatic heterocycles. The molecule has 0 aromatic rings. The number of aliphatic carboxylic acids is 1. The van der Waals surface area contributed by atoms with Crippen molar-refractivity contribution >= 4 is 12.3 Å². The lowest BCUT2D eigenvalue weighted by Gasteiger charge is -1.83. The minimum Gasteiger partial charge on any atom is -0.502 e. The zero-order valence-corrected chi connectivity index (χ0v) is 3.87. The summed E-state index contributed by atoms with van der Waals surface area (Å²) in [6.45, 7) is 0. The maximum Gasteiger partial charge on any atom is 0.371 e. The van der Waals surface area contributed by atoms with Gasteiger partial charge < -0.3 is 10.2 Å². The Morgan fingerprint density at radius 1 is 1.38 bits per heavy atom.